The predicted molar refractivity (Wildman–Crippen MR) is 122 cm³/mol. The van der Waals surface area contributed by atoms with Crippen LogP contribution in [0, 0.1) is 27.7 Å². The van der Waals surface area contributed by atoms with Gasteiger partial charge in [0, 0.05) is 29.4 Å². The molecule has 0 bridgehead atoms. The summed E-state index contributed by atoms with van der Waals surface area (Å²) in [4.78, 5) is 17.0. The summed E-state index contributed by atoms with van der Waals surface area (Å²) in [6, 6.07) is 4.90. The molecule has 3 rings (SSSR count). The van der Waals surface area contributed by atoms with E-state index in [-0.39, 0.29) is 5.91 Å². The first-order valence-electron chi connectivity index (χ1n) is 10.5. The SMILES string of the molecule is C/C(=C\c1c(C)c(C)c(-c2ccc(NC(C)C)nc2)c(C)c1C)C(=O)NC1CC1. The van der Waals surface area contributed by atoms with Crippen LogP contribution < -0.4 is 10.6 Å². The van der Waals surface area contributed by atoms with E-state index in [1.807, 2.05) is 25.3 Å². The Hall–Kier alpha value is -2.62. The van der Waals surface area contributed by atoms with Gasteiger partial charge in [0.25, 0.3) is 0 Å². The molecule has 1 saturated carbocycles. The molecule has 1 fully saturated rings. The van der Waals surface area contributed by atoms with Gasteiger partial charge in [-0.15, -0.1) is 0 Å². The molecule has 1 aromatic carbocycles. The molecule has 1 heterocycles. The number of rotatable bonds is 6. The first kappa shape index (κ1) is 21.1. The van der Waals surface area contributed by atoms with Crippen LogP contribution in [-0.2, 0) is 4.79 Å². The van der Waals surface area contributed by atoms with Gasteiger partial charge in [0.1, 0.15) is 5.82 Å². The number of hydrogen-bond acceptors (Lipinski definition) is 3. The van der Waals surface area contributed by atoms with E-state index < -0.39 is 0 Å². The largest absolute Gasteiger partial charge is 0.368 e. The fraction of sp³-hybridized carbons (Fsp3) is 0.440. The van der Waals surface area contributed by atoms with Crippen molar-refractivity contribution >= 4 is 17.8 Å². The van der Waals surface area contributed by atoms with E-state index in [0.29, 0.717) is 12.1 Å². The van der Waals surface area contributed by atoms with Crippen LogP contribution in [0.4, 0.5) is 5.82 Å². The van der Waals surface area contributed by atoms with Gasteiger partial charge in [-0.1, -0.05) is 0 Å². The number of aromatic nitrogens is 1. The van der Waals surface area contributed by atoms with Gasteiger partial charge >= 0.3 is 0 Å². The fourth-order valence-electron chi connectivity index (χ4n) is 3.72. The van der Waals surface area contributed by atoms with Gasteiger partial charge in [0.05, 0.1) is 0 Å². The average Bonchev–Trinajstić information content (AvgIpc) is 3.48. The molecule has 0 aliphatic heterocycles. The van der Waals surface area contributed by atoms with Crippen LogP contribution in [0.5, 0.6) is 0 Å². The summed E-state index contributed by atoms with van der Waals surface area (Å²) in [6.45, 7) is 14.7. The molecular formula is C25H33N3O. The van der Waals surface area contributed by atoms with Gasteiger partial charge in [0.15, 0.2) is 0 Å². The lowest BCUT2D eigenvalue weighted by Gasteiger charge is -2.20. The number of nitrogens with zero attached hydrogens (tertiary/aromatic N) is 1. The molecule has 2 N–H and O–H groups in total. The standard InChI is InChI=1S/C25H33N3O/c1-14(2)27-23-11-8-20(13-26-23)24-18(6)16(4)22(17(5)19(24)7)12-15(3)25(29)28-21-9-10-21/h8,11-14,21H,9-10H2,1-7H3,(H,26,27)(H,28,29)/b15-12+. The molecule has 0 atom stereocenters. The Kier molecular flexibility index (Phi) is 6.11. The maximum Gasteiger partial charge on any atom is 0.247 e. The molecule has 4 nitrogen and oxygen atoms in total. The van der Waals surface area contributed by atoms with Crippen LogP contribution >= 0.6 is 0 Å². The monoisotopic (exact) mass is 391 g/mol. The number of nitrogens with one attached hydrogen (secondary N) is 2. The third-order valence-electron chi connectivity index (χ3n) is 5.80. The van der Waals surface area contributed by atoms with E-state index in [0.717, 1.165) is 35.4 Å². The van der Waals surface area contributed by atoms with Crippen molar-refractivity contribution in [2.75, 3.05) is 5.32 Å². The molecule has 4 heteroatoms. The minimum Gasteiger partial charge on any atom is -0.368 e. The Morgan fingerprint density at radius 3 is 2.17 bits per heavy atom. The van der Waals surface area contributed by atoms with Crippen molar-refractivity contribution in [2.24, 2.45) is 0 Å². The highest BCUT2D eigenvalue weighted by Crippen LogP contribution is 2.35. The van der Waals surface area contributed by atoms with E-state index in [4.69, 9.17) is 0 Å². The van der Waals surface area contributed by atoms with E-state index in [2.05, 4.69) is 63.2 Å². The van der Waals surface area contributed by atoms with Gasteiger partial charge in [-0.05, 0) is 113 Å². The summed E-state index contributed by atoms with van der Waals surface area (Å²) in [6.07, 6.45) is 6.19. The maximum atomic E-state index is 12.4. The van der Waals surface area contributed by atoms with Crippen LogP contribution in [0.3, 0.4) is 0 Å². The van der Waals surface area contributed by atoms with Crippen LogP contribution in [0.15, 0.2) is 23.9 Å². The minimum absolute atomic E-state index is 0.0446. The quantitative estimate of drug-likeness (QED) is 0.641. The van der Waals surface area contributed by atoms with E-state index in [1.165, 1.54) is 27.8 Å². The van der Waals surface area contributed by atoms with Crippen LogP contribution in [0.25, 0.3) is 17.2 Å². The first-order valence-corrected chi connectivity index (χ1v) is 10.5. The number of benzene rings is 1. The molecule has 1 amide bonds. The molecule has 1 aliphatic rings. The Labute approximate surface area is 174 Å². The lowest BCUT2D eigenvalue weighted by molar-refractivity contribution is -0.117. The molecule has 2 aromatic rings. The van der Waals surface area contributed by atoms with Crippen molar-refractivity contribution in [1.29, 1.82) is 0 Å². The topological polar surface area (TPSA) is 54.0 Å². The second-order valence-corrected chi connectivity index (χ2v) is 8.59. The summed E-state index contributed by atoms with van der Waals surface area (Å²) >= 11 is 0. The Morgan fingerprint density at radius 2 is 1.69 bits per heavy atom. The van der Waals surface area contributed by atoms with Crippen molar-refractivity contribution in [3.05, 3.63) is 51.7 Å². The number of amides is 1. The van der Waals surface area contributed by atoms with Crippen LogP contribution in [0.2, 0.25) is 0 Å². The molecule has 154 valence electrons. The smallest absolute Gasteiger partial charge is 0.247 e. The summed E-state index contributed by atoms with van der Waals surface area (Å²) in [5.74, 6) is 0.937. The zero-order valence-electron chi connectivity index (χ0n) is 18.7. The molecule has 1 aliphatic carbocycles. The highest BCUT2D eigenvalue weighted by Gasteiger charge is 2.24. The third-order valence-corrected chi connectivity index (χ3v) is 5.80. The molecule has 0 radical (unpaired) electrons. The number of carbonyl (C=O) groups is 1. The third kappa shape index (κ3) is 4.69. The zero-order chi connectivity index (χ0) is 21.3. The second-order valence-electron chi connectivity index (χ2n) is 8.59. The zero-order valence-corrected chi connectivity index (χ0v) is 18.7. The maximum absolute atomic E-state index is 12.4. The number of pyridine rings is 1. The highest BCUT2D eigenvalue weighted by molar-refractivity contribution is 5.98. The summed E-state index contributed by atoms with van der Waals surface area (Å²) in [7, 11) is 0. The van der Waals surface area contributed by atoms with Crippen LogP contribution in [-0.4, -0.2) is 23.0 Å². The molecule has 29 heavy (non-hydrogen) atoms. The van der Waals surface area contributed by atoms with Gasteiger partial charge < -0.3 is 10.6 Å². The van der Waals surface area contributed by atoms with Gasteiger partial charge in [-0.3, -0.25) is 4.79 Å². The van der Waals surface area contributed by atoms with Gasteiger partial charge in [-0.2, -0.15) is 0 Å². The lowest BCUT2D eigenvalue weighted by atomic mass is 9.85. The number of carbonyl (C=O) groups excluding carboxylic acids is 1. The van der Waals surface area contributed by atoms with Crippen molar-refractivity contribution < 1.29 is 4.79 Å². The number of hydrogen-bond donors (Lipinski definition) is 2. The Bertz CT molecular complexity index is 922. The summed E-state index contributed by atoms with van der Waals surface area (Å²) < 4.78 is 0. The first-order chi connectivity index (χ1) is 13.7. The lowest BCUT2D eigenvalue weighted by Crippen LogP contribution is -2.25. The van der Waals surface area contributed by atoms with Crippen molar-refractivity contribution in [1.82, 2.24) is 10.3 Å². The Morgan fingerprint density at radius 1 is 1.07 bits per heavy atom. The predicted octanol–water partition coefficient (Wildman–Crippen LogP) is 5.48. The summed E-state index contributed by atoms with van der Waals surface area (Å²) in [5, 5.41) is 6.41. The average molecular weight is 392 g/mol. The molecule has 0 spiro atoms. The van der Waals surface area contributed by atoms with E-state index in [1.54, 1.807) is 0 Å². The van der Waals surface area contributed by atoms with Crippen LogP contribution in [0.1, 0.15) is 61.4 Å². The van der Waals surface area contributed by atoms with E-state index in [9.17, 15) is 4.79 Å². The second kappa shape index (κ2) is 8.40. The highest BCUT2D eigenvalue weighted by atomic mass is 16.1. The number of anilines is 1. The normalized spacial score (nSPS) is 14.3. The molecular weight excluding hydrogens is 358 g/mol. The van der Waals surface area contributed by atoms with Crippen molar-refractivity contribution in [2.45, 2.75) is 73.4 Å². The Balaban J connectivity index is 1.98. The molecule has 0 unspecified atom stereocenters. The van der Waals surface area contributed by atoms with Gasteiger partial charge in [0.2, 0.25) is 5.91 Å². The molecule has 0 saturated heterocycles. The molecule has 1 aromatic heterocycles. The minimum atomic E-state index is 0.0446. The fourth-order valence-corrected chi connectivity index (χ4v) is 3.72. The van der Waals surface area contributed by atoms with Crippen molar-refractivity contribution in [3.8, 4) is 11.1 Å². The van der Waals surface area contributed by atoms with Crippen molar-refractivity contribution in [3.63, 3.8) is 0 Å². The summed E-state index contributed by atoms with van der Waals surface area (Å²) in [5.41, 5.74) is 9.18. The van der Waals surface area contributed by atoms with Gasteiger partial charge in [-0.25, -0.2) is 4.98 Å². The van der Waals surface area contributed by atoms with E-state index >= 15 is 0 Å².